The van der Waals surface area contributed by atoms with Gasteiger partial charge in [0.1, 0.15) is 18.1 Å². The summed E-state index contributed by atoms with van der Waals surface area (Å²) >= 11 is 5.88. The molecular weight excluding hydrogens is 286 g/mol. The van der Waals surface area contributed by atoms with Gasteiger partial charge in [0.25, 0.3) is 0 Å². The molecule has 0 bridgehead atoms. The number of nitrogens with two attached hydrogens (primary N) is 1. The van der Waals surface area contributed by atoms with E-state index in [9.17, 15) is 0 Å². The summed E-state index contributed by atoms with van der Waals surface area (Å²) in [5.41, 5.74) is 8.44. The zero-order chi connectivity index (χ0) is 14.8. The van der Waals surface area contributed by atoms with Gasteiger partial charge in [-0.2, -0.15) is 5.10 Å². The Morgan fingerprint density at radius 1 is 1.24 bits per heavy atom. The minimum Gasteiger partial charge on any atom is -0.485 e. The third kappa shape index (κ3) is 2.67. The second-order valence-corrected chi connectivity index (χ2v) is 5.19. The molecule has 3 rings (SSSR count). The smallest absolute Gasteiger partial charge is 0.142 e. The molecule has 0 saturated carbocycles. The number of aryl methyl sites for hydroxylation is 1. The lowest BCUT2D eigenvalue weighted by atomic mass is 10.2. The Morgan fingerprint density at radius 2 is 2.05 bits per heavy atom. The number of ether oxygens (including phenoxy) is 1. The van der Waals surface area contributed by atoms with Crippen LogP contribution >= 0.6 is 11.6 Å². The van der Waals surface area contributed by atoms with Gasteiger partial charge in [0.15, 0.2) is 0 Å². The van der Waals surface area contributed by atoms with Crippen LogP contribution < -0.4 is 10.5 Å². The first-order chi connectivity index (χ1) is 10.2. The Kier molecular flexibility index (Phi) is 3.71. The van der Waals surface area contributed by atoms with Crippen LogP contribution in [-0.4, -0.2) is 9.78 Å². The van der Waals surface area contributed by atoms with Crippen molar-refractivity contribution in [3.05, 3.63) is 53.2 Å². The Bertz CT molecular complexity index is 782. The van der Waals surface area contributed by atoms with Crippen molar-refractivity contribution in [2.75, 3.05) is 5.73 Å². The van der Waals surface area contributed by atoms with Gasteiger partial charge in [-0.1, -0.05) is 29.8 Å². The highest BCUT2D eigenvalue weighted by atomic mass is 35.5. The molecule has 0 aliphatic carbocycles. The van der Waals surface area contributed by atoms with E-state index in [4.69, 9.17) is 22.1 Å². The number of benzene rings is 2. The van der Waals surface area contributed by atoms with Crippen LogP contribution in [0.3, 0.4) is 0 Å². The molecule has 0 radical (unpaired) electrons. The van der Waals surface area contributed by atoms with Gasteiger partial charge in [-0.25, -0.2) is 0 Å². The summed E-state index contributed by atoms with van der Waals surface area (Å²) in [5.74, 6) is 0.620. The number of para-hydroxylation sites is 1. The molecule has 4 nitrogen and oxygen atoms in total. The van der Waals surface area contributed by atoms with Gasteiger partial charge < -0.3 is 10.5 Å². The maximum absolute atomic E-state index is 5.89. The molecule has 108 valence electrons. The third-order valence-corrected chi connectivity index (χ3v) is 3.61. The number of rotatable bonds is 4. The fourth-order valence-corrected chi connectivity index (χ4v) is 2.52. The topological polar surface area (TPSA) is 53.1 Å². The summed E-state index contributed by atoms with van der Waals surface area (Å²) in [6.45, 7) is 3.27. The molecule has 5 heteroatoms. The SMILES string of the molecule is CCn1nc(COc2ccc(Cl)cc2N)c2ccccc21. The Balaban J connectivity index is 1.88. The van der Waals surface area contributed by atoms with Crippen LogP contribution in [0.4, 0.5) is 5.69 Å². The number of anilines is 1. The summed E-state index contributed by atoms with van der Waals surface area (Å²) in [4.78, 5) is 0. The van der Waals surface area contributed by atoms with Gasteiger partial charge in [0, 0.05) is 17.0 Å². The number of halogens is 1. The fourth-order valence-electron chi connectivity index (χ4n) is 2.34. The van der Waals surface area contributed by atoms with Crippen LogP contribution in [0, 0.1) is 0 Å². The van der Waals surface area contributed by atoms with Crippen LogP contribution in [0.1, 0.15) is 12.6 Å². The first-order valence-electron chi connectivity index (χ1n) is 6.81. The Labute approximate surface area is 128 Å². The van der Waals surface area contributed by atoms with E-state index in [2.05, 4.69) is 24.2 Å². The first kappa shape index (κ1) is 13.8. The van der Waals surface area contributed by atoms with Crippen molar-refractivity contribution in [2.45, 2.75) is 20.1 Å². The molecule has 0 fully saturated rings. The molecule has 0 atom stereocenters. The quantitative estimate of drug-likeness (QED) is 0.744. The van der Waals surface area contributed by atoms with Gasteiger partial charge in [0.2, 0.25) is 0 Å². The monoisotopic (exact) mass is 301 g/mol. The van der Waals surface area contributed by atoms with E-state index >= 15 is 0 Å². The van der Waals surface area contributed by atoms with Crippen molar-refractivity contribution in [3.8, 4) is 5.75 Å². The molecule has 0 saturated heterocycles. The van der Waals surface area contributed by atoms with Crippen LogP contribution in [-0.2, 0) is 13.2 Å². The lowest BCUT2D eigenvalue weighted by Gasteiger charge is -2.07. The molecule has 0 aliphatic heterocycles. The summed E-state index contributed by atoms with van der Waals surface area (Å²) in [5, 5.41) is 6.30. The molecule has 2 N–H and O–H groups in total. The molecule has 2 aromatic carbocycles. The van der Waals surface area contributed by atoms with E-state index in [1.165, 1.54) is 0 Å². The second-order valence-electron chi connectivity index (χ2n) is 4.75. The molecule has 1 heterocycles. The molecule has 3 aromatic rings. The van der Waals surface area contributed by atoms with E-state index < -0.39 is 0 Å². The van der Waals surface area contributed by atoms with Gasteiger partial charge >= 0.3 is 0 Å². The van der Waals surface area contributed by atoms with Crippen molar-refractivity contribution in [3.63, 3.8) is 0 Å². The van der Waals surface area contributed by atoms with Crippen molar-refractivity contribution < 1.29 is 4.74 Å². The molecule has 1 aromatic heterocycles. The molecule has 0 unspecified atom stereocenters. The van der Waals surface area contributed by atoms with Crippen LogP contribution in [0.2, 0.25) is 5.02 Å². The minimum absolute atomic E-state index is 0.374. The highest BCUT2D eigenvalue weighted by Crippen LogP contribution is 2.26. The predicted molar refractivity (Wildman–Crippen MR) is 85.6 cm³/mol. The van der Waals surface area contributed by atoms with Crippen LogP contribution in [0.15, 0.2) is 42.5 Å². The average Bonchev–Trinajstić information content (AvgIpc) is 2.85. The highest BCUT2D eigenvalue weighted by Gasteiger charge is 2.10. The largest absolute Gasteiger partial charge is 0.485 e. The number of fused-ring (bicyclic) bond motifs is 1. The minimum atomic E-state index is 0.374. The van der Waals surface area contributed by atoms with E-state index in [0.717, 1.165) is 23.1 Å². The van der Waals surface area contributed by atoms with Crippen LogP contribution in [0.5, 0.6) is 5.75 Å². The van der Waals surface area contributed by atoms with Gasteiger partial charge in [0.05, 0.1) is 11.2 Å². The van der Waals surface area contributed by atoms with Crippen molar-refractivity contribution in [1.29, 1.82) is 0 Å². The summed E-state index contributed by atoms with van der Waals surface area (Å²) in [6.07, 6.45) is 0. The zero-order valence-corrected chi connectivity index (χ0v) is 12.5. The number of hydrogen-bond donors (Lipinski definition) is 1. The molecule has 0 amide bonds. The van der Waals surface area contributed by atoms with E-state index in [-0.39, 0.29) is 0 Å². The lowest BCUT2D eigenvalue weighted by Crippen LogP contribution is -2.01. The van der Waals surface area contributed by atoms with E-state index in [0.29, 0.717) is 23.1 Å². The molecular formula is C16H16ClN3O. The summed E-state index contributed by atoms with van der Waals surface area (Å²) in [7, 11) is 0. The fraction of sp³-hybridized carbons (Fsp3) is 0.188. The lowest BCUT2D eigenvalue weighted by molar-refractivity contribution is 0.302. The number of nitrogen functional groups attached to an aromatic ring is 1. The van der Waals surface area contributed by atoms with Crippen molar-refractivity contribution >= 4 is 28.2 Å². The highest BCUT2D eigenvalue weighted by molar-refractivity contribution is 6.30. The van der Waals surface area contributed by atoms with Gasteiger partial charge in [-0.3, -0.25) is 4.68 Å². The number of aromatic nitrogens is 2. The van der Waals surface area contributed by atoms with Crippen LogP contribution in [0.25, 0.3) is 10.9 Å². The van der Waals surface area contributed by atoms with Gasteiger partial charge in [-0.15, -0.1) is 0 Å². The normalized spacial score (nSPS) is 11.0. The molecule has 0 aliphatic rings. The summed E-state index contributed by atoms with van der Waals surface area (Å²) < 4.78 is 7.76. The maximum Gasteiger partial charge on any atom is 0.142 e. The molecule has 21 heavy (non-hydrogen) atoms. The number of hydrogen-bond acceptors (Lipinski definition) is 3. The van der Waals surface area contributed by atoms with E-state index in [1.807, 2.05) is 16.8 Å². The average molecular weight is 302 g/mol. The zero-order valence-electron chi connectivity index (χ0n) is 11.7. The maximum atomic E-state index is 5.89. The first-order valence-corrected chi connectivity index (χ1v) is 7.19. The molecule has 0 spiro atoms. The predicted octanol–water partition coefficient (Wildman–Crippen LogP) is 3.87. The van der Waals surface area contributed by atoms with Crippen molar-refractivity contribution in [2.24, 2.45) is 0 Å². The Morgan fingerprint density at radius 3 is 2.81 bits per heavy atom. The second kappa shape index (κ2) is 5.66. The Hall–Kier alpha value is -2.20. The van der Waals surface area contributed by atoms with Crippen molar-refractivity contribution in [1.82, 2.24) is 9.78 Å². The number of nitrogens with zero attached hydrogens (tertiary/aromatic N) is 2. The van der Waals surface area contributed by atoms with E-state index in [1.54, 1.807) is 18.2 Å². The summed E-state index contributed by atoms with van der Waals surface area (Å²) in [6, 6.07) is 13.3. The third-order valence-electron chi connectivity index (χ3n) is 3.37. The van der Waals surface area contributed by atoms with Gasteiger partial charge in [-0.05, 0) is 31.2 Å². The standard InChI is InChI=1S/C16H16ClN3O/c1-2-20-15-6-4-3-5-12(15)14(19-20)10-21-16-8-7-11(17)9-13(16)18/h3-9H,2,10,18H2,1H3.